The molecule has 0 atom stereocenters. The minimum atomic E-state index is 0. The van der Waals surface area contributed by atoms with Crippen molar-refractivity contribution in [2.75, 3.05) is 0 Å². The van der Waals surface area contributed by atoms with E-state index in [-0.39, 0.29) is 35.6 Å². The Morgan fingerprint density at radius 1 is 0.692 bits per heavy atom. The zero-order valence-electron chi connectivity index (χ0n) is 24.3. The van der Waals surface area contributed by atoms with Gasteiger partial charge < -0.3 is 24.8 Å². The van der Waals surface area contributed by atoms with Crippen molar-refractivity contribution in [1.29, 1.82) is 0 Å². The summed E-state index contributed by atoms with van der Waals surface area (Å²) >= 11 is 7.28. The third-order valence-corrected chi connectivity index (χ3v) is 6.61. The zero-order valence-corrected chi connectivity index (χ0v) is 30.2. The molecule has 39 heavy (non-hydrogen) atoms. The molecule has 0 bridgehead atoms. The van der Waals surface area contributed by atoms with Crippen LogP contribution in [0.25, 0.3) is 32.7 Å². The monoisotopic (exact) mass is 744 g/mol. The van der Waals surface area contributed by atoms with E-state index in [1.165, 1.54) is 62.1 Å². The van der Waals surface area contributed by atoms with Crippen molar-refractivity contribution in [3.8, 4) is 11.1 Å². The van der Waals surface area contributed by atoms with Crippen LogP contribution in [0, 0.1) is 0 Å². The van der Waals surface area contributed by atoms with E-state index < -0.39 is 0 Å². The normalized spacial score (nSPS) is 10.9. The Bertz CT molecular complexity index is 1400. The summed E-state index contributed by atoms with van der Waals surface area (Å²) in [6, 6.07) is 32.2. The van der Waals surface area contributed by atoms with Gasteiger partial charge in [0.15, 0.2) is 0 Å². The first-order valence-electron chi connectivity index (χ1n) is 12.9. The minimum Gasteiger partial charge on any atom is -1.00 e. The molecule has 0 amide bonds. The van der Waals surface area contributed by atoms with E-state index in [0.717, 1.165) is 10.6 Å². The topological polar surface area (TPSA) is 0 Å². The predicted molar refractivity (Wildman–Crippen MR) is 163 cm³/mol. The summed E-state index contributed by atoms with van der Waals surface area (Å²) in [5, 5.41) is 6.28. The first kappa shape index (κ1) is 35.5. The Hall–Kier alpha value is -1.51. The van der Waals surface area contributed by atoms with Crippen LogP contribution in [0.5, 0.6) is 0 Å². The molecule has 4 heteroatoms. The first-order chi connectivity index (χ1) is 17.3. The molecule has 0 saturated carbocycles. The maximum absolute atomic E-state index is 6.02. The van der Waals surface area contributed by atoms with E-state index in [4.69, 9.17) is 11.6 Å². The Labute approximate surface area is 267 Å². The Morgan fingerprint density at radius 3 is 1.54 bits per heavy atom. The fourth-order valence-corrected chi connectivity index (χ4v) is 4.45. The third kappa shape index (κ3) is 9.82. The number of hydrogen-bond acceptors (Lipinski definition) is 0. The van der Waals surface area contributed by atoms with Crippen molar-refractivity contribution < 1.29 is 48.7 Å². The summed E-state index contributed by atoms with van der Waals surface area (Å²) in [6.45, 7) is 17.9. The molecular formula is C35H39Cl3Hf-2. The molecule has 206 valence electrons. The third-order valence-electron chi connectivity index (χ3n) is 6.28. The van der Waals surface area contributed by atoms with Crippen LogP contribution in [0.3, 0.4) is 0 Å². The number of halogens is 3. The molecule has 0 aliphatic heterocycles. The van der Waals surface area contributed by atoms with Gasteiger partial charge >= 0.3 is 41.0 Å². The molecule has 0 spiro atoms. The van der Waals surface area contributed by atoms with Gasteiger partial charge in [-0.25, -0.2) is 0 Å². The molecule has 5 aromatic carbocycles. The van der Waals surface area contributed by atoms with Gasteiger partial charge in [0.25, 0.3) is 0 Å². The smallest absolute Gasteiger partial charge is 0.00680 e. The van der Waals surface area contributed by atoms with Crippen LogP contribution >= 0.6 is 11.6 Å². The molecule has 0 aliphatic carbocycles. The van der Waals surface area contributed by atoms with E-state index in [9.17, 15) is 0 Å². The largest absolute Gasteiger partial charge is 1.00 e. The van der Waals surface area contributed by atoms with Crippen molar-refractivity contribution in [2.24, 2.45) is 0 Å². The van der Waals surface area contributed by atoms with Gasteiger partial charge in [0.1, 0.15) is 0 Å². The maximum Gasteiger partial charge on any atom is 0.00680 e. The fourth-order valence-electron chi connectivity index (χ4n) is 4.20. The van der Waals surface area contributed by atoms with Gasteiger partial charge in [-0.15, -0.1) is 51.4 Å². The Morgan fingerprint density at radius 2 is 1.15 bits per heavy atom. The van der Waals surface area contributed by atoms with Crippen molar-refractivity contribution in [2.45, 2.75) is 66.2 Å². The number of rotatable bonds is 1. The van der Waals surface area contributed by atoms with Gasteiger partial charge in [-0.05, 0) is 10.8 Å². The van der Waals surface area contributed by atoms with Crippen molar-refractivity contribution >= 4 is 36.4 Å². The van der Waals surface area contributed by atoms with Gasteiger partial charge in [0, 0.05) is 5.02 Å². The maximum atomic E-state index is 6.02. The number of fused-ring (bicyclic) bond motifs is 3. The number of benzene rings is 3. The summed E-state index contributed by atoms with van der Waals surface area (Å²) in [6.07, 6.45) is 0. The van der Waals surface area contributed by atoms with Gasteiger partial charge in [-0.2, -0.15) is 18.2 Å². The van der Waals surface area contributed by atoms with Crippen LogP contribution in [0.4, 0.5) is 0 Å². The van der Waals surface area contributed by atoms with Gasteiger partial charge in [0.05, 0.1) is 0 Å². The van der Waals surface area contributed by atoms with E-state index in [2.05, 4.69) is 110 Å². The molecule has 0 aliphatic rings. The molecule has 0 radical (unpaired) electrons. The molecule has 0 aromatic heterocycles. The standard InChI is InChI=1S/C21H25.C11H8Cl.C3H6.2ClH.Hf/c1-20(2,3)16-7-9-18-14(12-16)11-15-13-17(21(4,5)6)8-10-19(15)18;12-11-8-4-3-7-10(11)9-5-1-2-6-9;1-3-2;;;/h7-13H,1-6H3;1-8H;1-2H3;2*1H;/q2*-1;;;;+2/p-2. The summed E-state index contributed by atoms with van der Waals surface area (Å²) in [4.78, 5) is 0. The van der Waals surface area contributed by atoms with Gasteiger partial charge in [0.2, 0.25) is 0 Å². The molecule has 0 heterocycles. The molecule has 5 rings (SSSR count). The first-order valence-corrected chi connectivity index (χ1v) is 15.1. The second kappa shape index (κ2) is 14.9. The van der Waals surface area contributed by atoms with Crippen molar-refractivity contribution in [3.63, 3.8) is 0 Å². The molecule has 0 unspecified atom stereocenters. The fraction of sp³-hybridized carbons (Fsp3) is 0.286. The van der Waals surface area contributed by atoms with E-state index >= 15 is 0 Å². The molecule has 0 nitrogen and oxygen atoms in total. The second-order valence-corrected chi connectivity index (χ2v) is 15.9. The quantitative estimate of drug-likeness (QED) is 0.171. The van der Waals surface area contributed by atoms with Crippen LogP contribution in [0.1, 0.15) is 66.5 Å². The second-order valence-electron chi connectivity index (χ2n) is 11.9. The Balaban J connectivity index is 0.000000360. The van der Waals surface area contributed by atoms with Gasteiger partial charge in [-0.3, -0.25) is 0 Å². The summed E-state index contributed by atoms with van der Waals surface area (Å²) in [5.74, 6) is 0. The molecule has 5 aromatic rings. The average Bonchev–Trinajstić information content (AvgIpc) is 3.45. The number of hydrogen-bond donors (Lipinski definition) is 0. The van der Waals surface area contributed by atoms with Crippen LogP contribution in [-0.2, 0) is 34.7 Å². The SMILES string of the molecule is CC(C)(C)c1ccc2c(c1)[cH-]c1cc(C(C)(C)C)ccc12.C[C](C)=[Hf+2].Clc1ccccc1-c1ccc[cH-]1.[Cl-].[Cl-]. The van der Waals surface area contributed by atoms with Crippen molar-refractivity contribution in [3.05, 3.63) is 107 Å². The molecule has 0 N–H and O–H groups in total. The van der Waals surface area contributed by atoms with Crippen LogP contribution in [0.15, 0.2) is 91.0 Å². The van der Waals surface area contributed by atoms with E-state index in [1.807, 2.05) is 36.4 Å². The Kier molecular flexibility index (Phi) is 13.6. The van der Waals surface area contributed by atoms with E-state index in [0.29, 0.717) is 0 Å². The molecular weight excluding hydrogens is 705 g/mol. The zero-order chi connectivity index (χ0) is 27.4. The summed E-state index contributed by atoms with van der Waals surface area (Å²) < 4.78 is 1.56. The molecule has 0 saturated heterocycles. The van der Waals surface area contributed by atoms with E-state index in [1.54, 1.807) is 3.26 Å². The van der Waals surface area contributed by atoms with Crippen molar-refractivity contribution in [1.82, 2.24) is 0 Å². The average molecular weight is 745 g/mol. The van der Waals surface area contributed by atoms with Crippen LogP contribution < -0.4 is 24.8 Å². The van der Waals surface area contributed by atoms with Gasteiger partial charge in [-0.1, -0.05) is 118 Å². The van der Waals surface area contributed by atoms with Crippen LogP contribution in [0.2, 0.25) is 5.02 Å². The minimum absolute atomic E-state index is 0. The predicted octanol–water partition coefficient (Wildman–Crippen LogP) is 4.79. The molecule has 0 fully saturated rings. The summed E-state index contributed by atoms with van der Waals surface area (Å²) in [5.41, 5.74) is 5.50. The summed E-state index contributed by atoms with van der Waals surface area (Å²) in [7, 11) is 0. The van der Waals surface area contributed by atoms with Crippen LogP contribution in [-0.4, -0.2) is 3.26 Å².